The number of fused-ring (bicyclic) bond motifs is 1. The molecule has 1 atom stereocenters. The second-order valence-electron chi connectivity index (χ2n) is 7.12. The zero-order valence-corrected chi connectivity index (χ0v) is 16.9. The van der Waals surface area contributed by atoms with Crippen LogP contribution in [0.15, 0.2) is 66.7 Å². The molecule has 7 nitrogen and oxygen atoms in total. The van der Waals surface area contributed by atoms with E-state index in [1.54, 1.807) is 26.1 Å². The van der Waals surface area contributed by atoms with Gasteiger partial charge in [0.05, 0.1) is 23.9 Å². The summed E-state index contributed by atoms with van der Waals surface area (Å²) in [5, 5.41) is 15.7. The summed E-state index contributed by atoms with van der Waals surface area (Å²) in [7, 11) is 1.61. The maximum Gasteiger partial charge on any atom is 0.269 e. The first kappa shape index (κ1) is 21.0. The van der Waals surface area contributed by atoms with Crippen LogP contribution in [0.4, 0.5) is 5.69 Å². The number of nitrogens with one attached hydrogen (secondary N) is 1. The highest BCUT2D eigenvalue weighted by molar-refractivity contribution is 5.91. The van der Waals surface area contributed by atoms with Crippen LogP contribution in [0, 0.1) is 10.1 Å². The lowest BCUT2D eigenvalue weighted by molar-refractivity contribution is -0.384. The Morgan fingerprint density at radius 2 is 1.77 bits per heavy atom. The quantitative estimate of drug-likeness (QED) is 0.480. The first-order valence-electron chi connectivity index (χ1n) is 9.60. The highest BCUT2D eigenvalue weighted by atomic mass is 16.6. The summed E-state index contributed by atoms with van der Waals surface area (Å²) in [6.07, 6.45) is 0.179. The smallest absolute Gasteiger partial charge is 0.269 e. The van der Waals surface area contributed by atoms with Gasteiger partial charge in [-0.3, -0.25) is 19.7 Å². The number of benzene rings is 3. The number of likely N-dealkylation sites (N-methyl/N-ethyl adjacent to an activating group) is 1. The second-order valence-corrected chi connectivity index (χ2v) is 7.12. The van der Waals surface area contributed by atoms with E-state index >= 15 is 0 Å². The van der Waals surface area contributed by atoms with E-state index in [9.17, 15) is 19.7 Å². The predicted octanol–water partition coefficient (Wildman–Crippen LogP) is 3.63. The van der Waals surface area contributed by atoms with Crippen molar-refractivity contribution in [1.29, 1.82) is 0 Å². The SMILES string of the molecule is C[C@@H](c1cccc([N+](=O)[O-])c1)N(C)C(=O)CNC(=O)Cc1cccc2ccccc12. The van der Waals surface area contributed by atoms with Crippen LogP contribution >= 0.6 is 0 Å². The molecule has 3 aromatic rings. The number of nitro groups is 1. The van der Waals surface area contributed by atoms with E-state index in [0.29, 0.717) is 5.56 Å². The lowest BCUT2D eigenvalue weighted by Crippen LogP contribution is -2.39. The Labute approximate surface area is 174 Å². The van der Waals surface area contributed by atoms with E-state index in [1.165, 1.54) is 17.0 Å². The van der Waals surface area contributed by atoms with Crippen molar-refractivity contribution in [1.82, 2.24) is 10.2 Å². The fraction of sp³-hybridized carbons (Fsp3) is 0.217. The molecule has 0 unspecified atom stereocenters. The molecule has 0 aliphatic rings. The highest BCUT2D eigenvalue weighted by Crippen LogP contribution is 2.23. The molecule has 7 heteroatoms. The van der Waals surface area contributed by atoms with Crippen molar-refractivity contribution >= 4 is 28.3 Å². The number of nitro benzene ring substituents is 1. The minimum Gasteiger partial charge on any atom is -0.347 e. The number of carbonyl (C=O) groups excluding carboxylic acids is 2. The summed E-state index contributed by atoms with van der Waals surface area (Å²) in [6.45, 7) is 1.65. The molecule has 0 fully saturated rings. The summed E-state index contributed by atoms with van der Waals surface area (Å²) in [5.74, 6) is -0.517. The molecule has 0 aliphatic heterocycles. The standard InChI is InChI=1S/C23H23N3O4/c1-16(18-9-6-11-20(13-18)26(29)30)25(2)23(28)15-24-22(27)14-19-10-5-8-17-7-3-4-12-21(17)19/h3-13,16H,14-15H2,1-2H3,(H,24,27)/t16-/m0/s1. The van der Waals surface area contributed by atoms with Gasteiger partial charge in [-0.05, 0) is 28.8 Å². The fourth-order valence-electron chi connectivity index (χ4n) is 3.32. The van der Waals surface area contributed by atoms with Gasteiger partial charge in [0.1, 0.15) is 0 Å². The Hall–Kier alpha value is -3.74. The number of amides is 2. The van der Waals surface area contributed by atoms with Gasteiger partial charge in [0.15, 0.2) is 0 Å². The minimum absolute atomic E-state index is 0.0245. The number of hydrogen-bond acceptors (Lipinski definition) is 4. The van der Waals surface area contributed by atoms with E-state index in [0.717, 1.165) is 16.3 Å². The van der Waals surface area contributed by atoms with Crippen molar-refractivity contribution in [3.05, 3.63) is 88.0 Å². The molecule has 3 rings (SSSR count). The molecule has 0 saturated carbocycles. The molecule has 1 N–H and O–H groups in total. The van der Waals surface area contributed by atoms with E-state index < -0.39 is 4.92 Å². The Balaban J connectivity index is 1.59. The molecule has 0 aromatic heterocycles. The van der Waals surface area contributed by atoms with E-state index in [2.05, 4.69) is 5.32 Å². The third-order valence-electron chi connectivity index (χ3n) is 5.21. The summed E-state index contributed by atoms with van der Waals surface area (Å²) in [5.41, 5.74) is 1.53. The third-order valence-corrected chi connectivity index (χ3v) is 5.21. The zero-order chi connectivity index (χ0) is 21.7. The normalized spacial score (nSPS) is 11.7. The number of carbonyl (C=O) groups is 2. The Morgan fingerprint density at radius 1 is 1.07 bits per heavy atom. The predicted molar refractivity (Wildman–Crippen MR) is 115 cm³/mol. The van der Waals surface area contributed by atoms with Crippen LogP contribution < -0.4 is 5.32 Å². The van der Waals surface area contributed by atoms with Crippen molar-refractivity contribution in [3.8, 4) is 0 Å². The van der Waals surface area contributed by atoms with Gasteiger partial charge < -0.3 is 10.2 Å². The first-order chi connectivity index (χ1) is 14.4. The highest BCUT2D eigenvalue weighted by Gasteiger charge is 2.20. The van der Waals surface area contributed by atoms with Crippen molar-refractivity contribution < 1.29 is 14.5 Å². The Morgan fingerprint density at radius 3 is 2.53 bits per heavy atom. The van der Waals surface area contributed by atoms with Crippen LogP contribution in [-0.2, 0) is 16.0 Å². The molecule has 3 aromatic carbocycles. The number of nitrogens with zero attached hydrogens (tertiary/aromatic N) is 2. The van der Waals surface area contributed by atoms with Crippen molar-refractivity contribution in [2.24, 2.45) is 0 Å². The monoisotopic (exact) mass is 405 g/mol. The average molecular weight is 405 g/mol. The minimum atomic E-state index is -0.467. The first-order valence-corrected chi connectivity index (χ1v) is 9.60. The molecule has 0 heterocycles. The van der Waals surface area contributed by atoms with Gasteiger partial charge in [-0.2, -0.15) is 0 Å². The topological polar surface area (TPSA) is 92.6 Å². The molecule has 0 aliphatic carbocycles. The number of non-ortho nitro benzene ring substituents is 1. The van der Waals surface area contributed by atoms with Gasteiger partial charge in [0.2, 0.25) is 11.8 Å². The lowest BCUT2D eigenvalue weighted by atomic mass is 10.0. The van der Waals surface area contributed by atoms with Crippen molar-refractivity contribution in [2.45, 2.75) is 19.4 Å². The van der Waals surface area contributed by atoms with Gasteiger partial charge in [0.25, 0.3) is 5.69 Å². The Bertz CT molecular complexity index is 1090. The molecule has 0 radical (unpaired) electrons. The maximum absolute atomic E-state index is 12.5. The largest absolute Gasteiger partial charge is 0.347 e. The van der Waals surface area contributed by atoms with Gasteiger partial charge in [-0.1, -0.05) is 54.6 Å². The third kappa shape index (κ3) is 4.81. The summed E-state index contributed by atoms with van der Waals surface area (Å²) < 4.78 is 0. The molecule has 30 heavy (non-hydrogen) atoms. The van der Waals surface area contributed by atoms with Gasteiger partial charge >= 0.3 is 0 Å². The van der Waals surface area contributed by atoms with E-state index in [-0.39, 0.29) is 36.5 Å². The summed E-state index contributed by atoms with van der Waals surface area (Å²) in [6, 6.07) is 19.5. The van der Waals surface area contributed by atoms with Crippen LogP contribution in [0.3, 0.4) is 0 Å². The van der Waals surface area contributed by atoms with Crippen molar-refractivity contribution in [3.63, 3.8) is 0 Å². The van der Waals surface area contributed by atoms with Gasteiger partial charge in [-0.15, -0.1) is 0 Å². The van der Waals surface area contributed by atoms with E-state index in [4.69, 9.17) is 0 Å². The van der Waals surface area contributed by atoms with E-state index in [1.807, 2.05) is 42.5 Å². The molecule has 0 saturated heterocycles. The zero-order valence-electron chi connectivity index (χ0n) is 16.9. The van der Waals surface area contributed by atoms with Crippen LogP contribution in [0.2, 0.25) is 0 Å². The fourth-order valence-corrected chi connectivity index (χ4v) is 3.32. The molecular weight excluding hydrogens is 382 g/mol. The number of rotatable bonds is 7. The van der Waals surface area contributed by atoms with Crippen LogP contribution in [0.5, 0.6) is 0 Å². The average Bonchev–Trinajstić information content (AvgIpc) is 2.76. The summed E-state index contributed by atoms with van der Waals surface area (Å²) >= 11 is 0. The van der Waals surface area contributed by atoms with Crippen molar-refractivity contribution in [2.75, 3.05) is 13.6 Å². The molecular formula is C23H23N3O4. The Kier molecular flexibility index (Phi) is 6.41. The van der Waals surface area contributed by atoms with Gasteiger partial charge in [-0.25, -0.2) is 0 Å². The van der Waals surface area contributed by atoms with Crippen LogP contribution in [-0.4, -0.2) is 35.2 Å². The van der Waals surface area contributed by atoms with Gasteiger partial charge in [0, 0.05) is 19.2 Å². The van der Waals surface area contributed by atoms with Crippen LogP contribution in [0.1, 0.15) is 24.1 Å². The number of hydrogen-bond donors (Lipinski definition) is 1. The molecule has 0 bridgehead atoms. The molecule has 0 spiro atoms. The lowest BCUT2D eigenvalue weighted by Gasteiger charge is -2.25. The summed E-state index contributed by atoms with van der Waals surface area (Å²) in [4.78, 5) is 36.9. The van der Waals surface area contributed by atoms with Crippen LogP contribution in [0.25, 0.3) is 10.8 Å². The second kappa shape index (κ2) is 9.17. The molecule has 2 amide bonds. The molecule has 154 valence electrons. The maximum atomic E-state index is 12.5.